The molecule has 0 amide bonds. The number of nitrogens with zero attached hydrogens (tertiary/aromatic N) is 3. The number of hydrogen-bond acceptors (Lipinski definition) is 9. The Bertz CT molecular complexity index is 757. The summed E-state index contributed by atoms with van der Waals surface area (Å²) in [5.41, 5.74) is 5.11. The van der Waals surface area contributed by atoms with Crippen molar-refractivity contribution in [1.29, 1.82) is 0 Å². The number of nitrogens with two attached hydrogens (primary N) is 1. The molecule has 0 radical (unpaired) electrons. The number of anilines is 2. The number of aliphatic hydroxyl groups is 3. The summed E-state index contributed by atoms with van der Waals surface area (Å²) >= 11 is 0. The molecular weight excluding hydrogens is 296 g/mol. The van der Waals surface area contributed by atoms with Crippen LogP contribution in [0.15, 0.2) is 4.79 Å². The van der Waals surface area contributed by atoms with E-state index in [9.17, 15) is 20.1 Å². The minimum absolute atomic E-state index is 0.0105. The monoisotopic (exact) mass is 312 g/mol. The van der Waals surface area contributed by atoms with Gasteiger partial charge < -0.3 is 31.1 Å². The largest absolute Gasteiger partial charge is 0.394 e. The lowest BCUT2D eigenvalue weighted by Crippen LogP contribution is -2.33. The SMILES string of the molecule is CNc1nc2c(=O)[nH]c(N)nc2n1[C@@H]1O[C@H](CO)[C@@H](O)[C@H]1O. The van der Waals surface area contributed by atoms with E-state index in [4.69, 9.17) is 10.5 Å². The highest BCUT2D eigenvalue weighted by molar-refractivity contribution is 5.74. The van der Waals surface area contributed by atoms with Crippen LogP contribution in [0.2, 0.25) is 0 Å². The summed E-state index contributed by atoms with van der Waals surface area (Å²) in [7, 11) is 1.57. The van der Waals surface area contributed by atoms with Gasteiger partial charge in [0.2, 0.25) is 11.9 Å². The van der Waals surface area contributed by atoms with Crippen molar-refractivity contribution in [1.82, 2.24) is 19.5 Å². The number of nitrogens with one attached hydrogen (secondary N) is 2. The number of hydrogen-bond donors (Lipinski definition) is 6. The van der Waals surface area contributed by atoms with Crippen LogP contribution in [0, 0.1) is 0 Å². The molecule has 120 valence electrons. The molecule has 7 N–H and O–H groups in total. The Balaban J connectivity index is 2.20. The molecule has 1 fully saturated rings. The lowest BCUT2D eigenvalue weighted by Gasteiger charge is -2.18. The lowest BCUT2D eigenvalue weighted by molar-refractivity contribution is -0.0501. The Morgan fingerprint density at radius 1 is 1.41 bits per heavy atom. The van der Waals surface area contributed by atoms with Crippen molar-refractivity contribution in [2.45, 2.75) is 24.5 Å². The first-order chi connectivity index (χ1) is 10.5. The lowest BCUT2D eigenvalue weighted by atomic mass is 10.1. The van der Waals surface area contributed by atoms with E-state index in [0.717, 1.165) is 0 Å². The number of aromatic nitrogens is 4. The molecule has 1 aliphatic rings. The standard InChI is InChI=1S/C11H16N6O5/c1-13-11-14-4-7(15-10(12)16-8(4)21)17(11)9-6(20)5(19)3(2-18)22-9/h3,5-6,9,18-20H,2H2,1H3,(H,13,14)(H3,12,15,16,21)/t3-,5-,6-,9-/m1/s1. The van der Waals surface area contributed by atoms with Crippen LogP contribution in [0.25, 0.3) is 11.2 Å². The molecule has 11 heteroatoms. The number of H-pyrrole nitrogens is 1. The van der Waals surface area contributed by atoms with Crippen molar-refractivity contribution >= 4 is 23.1 Å². The summed E-state index contributed by atoms with van der Waals surface area (Å²) in [6, 6.07) is 0. The second-order valence-corrected chi connectivity index (χ2v) is 4.91. The number of rotatable bonds is 3. The van der Waals surface area contributed by atoms with Crippen LogP contribution in [-0.4, -0.2) is 66.8 Å². The smallest absolute Gasteiger partial charge is 0.280 e. The van der Waals surface area contributed by atoms with Gasteiger partial charge in [-0.15, -0.1) is 0 Å². The van der Waals surface area contributed by atoms with E-state index >= 15 is 0 Å². The maximum absolute atomic E-state index is 11.9. The van der Waals surface area contributed by atoms with Gasteiger partial charge in [0.05, 0.1) is 6.61 Å². The van der Waals surface area contributed by atoms with Crippen LogP contribution in [-0.2, 0) is 4.74 Å². The average Bonchev–Trinajstić information content (AvgIpc) is 2.98. The van der Waals surface area contributed by atoms with E-state index in [1.165, 1.54) is 4.57 Å². The molecule has 0 saturated carbocycles. The predicted molar refractivity (Wildman–Crippen MR) is 75.1 cm³/mol. The Labute approximate surface area is 123 Å². The molecule has 0 bridgehead atoms. The molecule has 3 heterocycles. The predicted octanol–water partition coefficient (Wildman–Crippen LogP) is -2.64. The van der Waals surface area contributed by atoms with E-state index in [1.54, 1.807) is 7.05 Å². The fourth-order valence-corrected chi connectivity index (χ4v) is 2.51. The molecule has 3 rings (SSSR count). The quantitative estimate of drug-likeness (QED) is 0.354. The van der Waals surface area contributed by atoms with Crippen molar-refractivity contribution < 1.29 is 20.1 Å². The van der Waals surface area contributed by atoms with Gasteiger partial charge in [-0.25, -0.2) is 4.98 Å². The summed E-state index contributed by atoms with van der Waals surface area (Å²) in [4.78, 5) is 22.3. The highest BCUT2D eigenvalue weighted by Crippen LogP contribution is 2.33. The van der Waals surface area contributed by atoms with Crippen LogP contribution in [0.5, 0.6) is 0 Å². The number of nitrogen functional groups attached to an aromatic ring is 1. The summed E-state index contributed by atoms with van der Waals surface area (Å²) in [5, 5.41) is 31.9. The topological polar surface area (TPSA) is 172 Å². The Hall–Kier alpha value is -2.21. The fourth-order valence-electron chi connectivity index (χ4n) is 2.51. The molecule has 0 aromatic carbocycles. The van der Waals surface area contributed by atoms with Gasteiger partial charge in [0.15, 0.2) is 17.4 Å². The fraction of sp³-hybridized carbons (Fsp3) is 0.545. The summed E-state index contributed by atoms with van der Waals surface area (Å²) in [6.07, 6.45) is -4.64. The van der Waals surface area contributed by atoms with Gasteiger partial charge in [-0.2, -0.15) is 4.98 Å². The number of imidazole rings is 1. The minimum Gasteiger partial charge on any atom is -0.394 e. The molecular formula is C11H16N6O5. The number of ether oxygens (including phenoxy) is 1. The summed E-state index contributed by atoms with van der Waals surface area (Å²) < 4.78 is 6.77. The third kappa shape index (κ3) is 2.02. The molecule has 1 aliphatic heterocycles. The maximum Gasteiger partial charge on any atom is 0.280 e. The van der Waals surface area contributed by atoms with E-state index in [-0.39, 0.29) is 23.1 Å². The average molecular weight is 312 g/mol. The van der Waals surface area contributed by atoms with Crippen LogP contribution in [0.3, 0.4) is 0 Å². The Morgan fingerprint density at radius 2 is 2.14 bits per heavy atom. The third-order valence-electron chi connectivity index (χ3n) is 3.56. The molecule has 2 aromatic rings. The van der Waals surface area contributed by atoms with Crippen LogP contribution in [0.4, 0.5) is 11.9 Å². The minimum atomic E-state index is -1.33. The normalized spacial score (nSPS) is 28.4. The van der Waals surface area contributed by atoms with Gasteiger partial charge in [0.25, 0.3) is 5.56 Å². The van der Waals surface area contributed by atoms with Gasteiger partial charge in [-0.1, -0.05) is 0 Å². The molecule has 0 unspecified atom stereocenters. The highest BCUT2D eigenvalue weighted by Gasteiger charge is 2.45. The number of aliphatic hydroxyl groups excluding tert-OH is 3. The first-order valence-electron chi connectivity index (χ1n) is 6.55. The molecule has 22 heavy (non-hydrogen) atoms. The first-order valence-corrected chi connectivity index (χ1v) is 6.55. The van der Waals surface area contributed by atoms with Crippen LogP contribution in [0.1, 0.15) is 6.23 Å². The first kappa shape index (κ1) is 14.7. The van der Waals surface area contributed by atoms with Crippen molar-refractivity contribution in [3.8, 4) is 0 Å². The van der Waals surface area contributed by atoms with E-state index in [0.29, 0.717) is 0 Å². The maximum atomic E-state index is 11.9. The van der Waals surface area contributed by atoms with Crippen molar-refractivity contribution in [2.24, 2.45) is 0 Å². The van der Waals surface area contributed by atoms with Crippen LogP contribution < -0.4 is 16.6 Å². The molecule has 4 atom stereocenters. The molecule has 0 spiro atoms. The van der Waals surface area contributed by atoms with E-state index in [2.05, 4.69) is 20.3 Å². The molecule has 11 nitrogen and oxygen atoms in total. The zero-order valence-electron chi connectivity index (χ0n) is 11.6. The van der Waals surface area contributed by atoms with Crippen molar-refractivity contribution in [3.05, 3.63) is 10.4 Å². The molecule has 0 aliphatic carbocycles. The Kier molecular flexibility index (Phi) is 3.48. The zero-order chi connectivity index (χ0) is 16.0. The van der Waals surface area contributed by atoms with Gasteiger partial charge in [-0.05, 0) is 0 Å². The van der Waals surface area contributed by atoms with E-state index in [1.807, 2.05) is 0 Å². The second kappa shape index (κ2) is 5.21. The second-order valence-electron chi connectivity index (χ2n) is 4.91. The zero-order valence-corrected chi connectivity index (χ0v) is 11.6. The summed E-state index contributed by atoms with van der Waals surface area (Å²) in [6.45, 7) is -0.466. The summed E-state index contributed by atoms with van der Waals surface area (Å²) in [5.74, 6) is 0.0847. The number of aromatic amines is 1. The van der Waals surface area contributed by atoms with Crippen LogP contribution >= 0.6 is 0 Å². The van der Waals surface area contributed by atoms with Gasteiger partial charge in [0.1, 0.15) is 18.3 Å². The Morgan fingerprint density at radius 3 is 2.73 bits per heavy atom. The molecule has 2 aromatic heterocycles. The molecule has 1 saturated heterocycles. The highest BCUT2D eigenvalue weighted by atomic mass is 16.6. The van der Waals surface area contributed by atoms with Gasteiger partial charge >= 0.3 is 0 Å². The van der Waals surface area contributed by atoms with Crippen molar-refractivity contribution in [3.63, 3.8) is 0 Å². The van der Waals surface area contributed by atoms with Crippen molar-refractivity contribution in [2.75, 3.05) is 24.7 Å². The van der Waals surface area contributed by atoms with E-state index < -0.39 is 36.7 Å². The van der Waals surface area contributed by atoms with Gasteiger partial charge in [0, 0.05) is 7.05 Å². The van der Waals surface area contributed by atoms with Gasteiger partial charge in [-0.3, -0.25) is 14.3 Å². The third-order valence-corrected chi connectivity index (χ3v) is 3.56. The number of fused-ring (bicyclic) bond motifs is 1.